The van der Waals surface area contributed by atoms with Crippen molar-refractivity contribution in [3.8, 4) is 44.5 Å². The molecular weight excluding hydrogens is 707 g/mol. The van der Waals surface area contributed by atoms with Crippen LogP contribution in [0.3, 0.4) is 0 Å². The summed E-state index contributed by atoms with van der Waals surface area (Å²) in [5.41, 5.74) is 20.9. The fourth-order valence-corrected chi connectivity index (χ4v) is 11.0. The molecule has 0 fully saturated rings. The van der Waals surface area contributed by atoms with Gasteiger partial charge in [-0.3, -0.25) is 0 Å². The first-order valence-corrected chi connectivity index (χ1v) is 20.6. The van der Waals surface area contributed by atoms with Crippen molar-refractivity contribution in [2.24, 2.45) is 0 Å². The summed E-state index contributed by atoms with van der Waals surface area (Å²) in [5.74, 6) is 0. The number of fused-ring (bicyclic) bond motifs is 10. The molecule has 4 heteroatoms. The van der Waals surface area contributed by atoms with Crippen LogP contribution in [-0.2, 0) is 5.41 Å². The third kappa shape index (κ3) is 4.78. The van der Waals surface area contributed by atoms with Crippen LogP contribution < -0.4 is 15.8 Å². The second-order valence-corrected chi connectivity index (χ2v) is 17.0. The lowest BCUT2D eigenvalue weighted by Gasteiger charge is -2.37. The zero-order valence-corrected chi connectivity index (χ0v) is 32.5. The Bertz CT molecular complexity index is 3230. The molecule has 2 aliphatic rings. The normalized spacial score (nSPS) is 13.7. The minimum Gasteiger partial charge on any atom is -0.353 e. The van der Waals surface area contributed by atoms with Gasteiger partial charge >= 0.3 is 0 Å². The molecule has 12 rings (SSSR count). The predicted molar refractivity (Wildman–Crippen MR) is 245 cm³/mol. The Morgan fingerprint density at radius 3 is 1.98 bits per heavy atom. The third-order valence-electron chi connectivity index (χ3n) is 12.4. The van der Waals surface area contributed by atoms with Crippen LogP contribution in [0.5, 0.6) is 0 Å². The molecule has 1 radical (unpaired) electrons. The standard InChI is InChI=1S/C53H36BN2S/c1-53(2)42-22-11-9-18-37(42)41-31-45-49(47(48(41)53)39-20-13-21-40-50(39)55-51-38-19-10-12-23-46(38)57-52(40)51)54-43-30-35(33-16-7-4-8-17-33)26-29-44(43)56(45)36-27-24-34(25-28-36)32-14-5-3-6-15-32/h3-31,55H,1-2H3. The van der Waals surface area contributed by atoms with Gasteiger partial charge < -0.3 is 9.88 Å². The second-order valence-electron chi connectivity index (χ2n) is 16.0. The number of rotatable bonds is 4. The third-order valence-corrected chi connectivity index (χ3v) is 13.6. The van der Waals surface area contributed by atoms with Gasteiger partial charge in [-0.15, -0.1) is 11.3 Å². The number of nitrogens with one attached hydrogen (secondary N) is 1. The molecule has 1 aliphatic heterocycles. The van der Waals surface area contributed by atoms with Crippen molar-refractivity contribution >= 4 is 77.8 Å². The number of aromatic nitrogens is 1. The first kappa shape index (κ1) is 32.6. The minimum atomic E-state index is -0.225. The van der Waals surface area contributed by atoms with Crippen LogP contribution in [0, 0.1) is 0 Å². The van der Waals surface area contributed by atoms with Crippen LogP contribution in [0.2, 0.25) is 0 Å². The van der Waals surface area contributed by atoms with E-state index in [4.69, 9.17) is 0 Å². The predicted octanol–water partition coefficient (Wildman–Crippen LogP) is 13.3. The maximum atomic E-state index is 4.01. The monoisotopic (exact) mass is 743 g/mol. The van der Waals surface area contributed by atoms with Gasteiger partial charge in [0.15, 0.2) is 7.28 Å². The van der Waals surface area contributed by atoms with E-state index in [1.54, 1.807) is 0 Å². The molecule has 3 heterocycles. The molecule has 0 atom stereocenters. The number of hydrogen-bond acceptors (Lipinski definition) is 2. The highest BCUT2D eigenvalue weighted by Gasteiger charge is 2.41. The quantitative estimate of drug-likeness (QED) is 0.178. The Kier molecular flexibility index (Phi) is 6.97. The summed E-state index contributed by atoms with van der Waals surface area (Å²) in [7, 11) is 2.47. The summed E-state index contributed by atoms with van der Waals surface area (Å²) < 4.78 is 2.63. The lowest BCUT2D eigenvalue weighted by Crippen LogP contribution is -2.42. The highest BCUT2D eigenvalue weighted by atomic mass is 32.1. The number of para-hydroxylation sites is 1. The van der Waals surface area contributed by atoms with Gasteiger partial charge in [0.05, 0.1) is 15.7 Å². The van der Waals surface area contributed by atoms with Crippen LogP contribution in [0.4, 0.5) is 17.1 Å². The Morgan fingerprint density at radius 1 is 0.526 bits per heavy atom. The maximum absolute atomic E-state index is 4.01. The van der Waals surface area contributed by atoms with E-state index in [1.807, 2.05) is 11.3 Å². The molecule has 2 nitrogen and oxygen atoms in total. The molecular formula is C53H36BN2S. The van der Waals surface area contributed by atoms with E-state index in [-0.39, 0.29) is 5.41 Å². The molecule has 1 aliphatic carbocycles. The minimum absolute atomic E-state index is 0.225. The average molecular weight is 744 g/mol. The summed E-state index contributed by atoms with van der Waals surface area (Å²) in [6.07, 6.45) is 0. The Morgan fingerprint density at radius 2 is 1.18 bits per heavy atom. The van der Waals surface area contributed by atoms with Gasteiger partial charge in [0, 0.05) is 43.5 Å². The molecule has 2 aromatic heterocycles. The van der Waals surface area contributed by atoms with E-state index in [0.717, 1.165) is 5.69 Å². The first-order chi connectivity index (χ1) is 28.0. The van der Waals surface area contributed by atoms with E-state index in [0.29, 0.717) is 0 Å². The summed E-state index contributed by atoms with van der Waals surface area (Å²) in [5, 5.41) is 2.56. The van der Waals surface area contributed by atoms with Crippen LogP contribution >= 0.6 is 11.3 Å². The number of hydrogen-bond donors (Lipinski definition) is 1. The lowest BCUT2D eigenvalue weighted by molar-refractivity contribution is 0.662. The van der Waals surface area contributed by atoms with Crippen molar-refractivity contribution in [2.45, 2.75) is 19.3 Å². The van der Waals surface area contributed by atoms with Gasteiger partial charge in [0.2, 0.25) is 0 Å². The van der Waals surface area contributed by atoms with E-state index in [1.165, 1.54) is 109 Å². The first-order valence-electron chi connectivity index (χ1n) is 19.8. The lowest BCUT2D eigenvalue weighted by atomic mass is 9.56. The molecule has 0 spiro atoms. The van der Waals surface area contributed by atoms with Crippen molar-refractivity contribution in [1.82, 2.24) is 4.98 Å². The van der Waals surface area contributed by atoms with E-state index >= 15 is 0 Å². The van der Waals surface area contributed by atoms with Gasteiger partial charge in [-0.1, -0.05) is 165 Å². The van der Waals surface area contributed by atoms with Crippen LogP contribution in [-0.4, -0.2) is 12.3 Å². The Hall–Kier alpha value is -6.62. The molecule has 0 amide bonds. The molecule has 10 aromatic rings. The van der Waals surface area contributed by atoms with Crippen LogP contribution in [0.1, 0.15) is 25.0 Å². The molecule has 0 saturated carbocycles. The zero-order valence-electron chi connectivity index (χ0n) is 31.7. The number of H-pyrrole nitrogens is 1. The smallest absolute Gasteiger partial charge is 0.197 e. The van der Waals surface area contributed by atoms with E-state index < -0.39 is 0 Å². The SMILES string of the molecule is CC1(C)c2ccccc2-c2cc3c(c(-c4cccc5c4[nH]c4c6ccccc6sc54)c21)[B]c1cc(-c2ccccc2)ccc1N3c1ccc(-c2ccccc2)cc1. The fourth-order valence-electron chi connectivity index (χ4n) is 9.80. The largest absolute Gasteiger partial charge is 0.353 e. The number of benzene rings is 8. The van der Waals surface area contributed by atoms with Crippen LogP contribution in [0.25, 0.3) is 75.7 Å². The highest BCUT2D eigenvalue weighted by molar-refractivity contribution is 7.26. The van der Waals surface area contributed by atoms with Gasteiger partial charge in [-0.2, -0.15) is 0 Å². The molecule has 57 heavy (non-hydrogen) atoms. The molecule has 8 aromatic carbocycles. The Labute approximate surface area is 336 Å². The number of anilines is 3. The second kappa shape index (κ2) is 12.2. The fraction of sp³-hybridized carbons (Fsp3) is 0.0566. The zero-order chi connectivity index (χ0) is 37.8. The summed E-state index contributed by atoms with van der Waals surface area (Å²) in [6.45, 7) is 4.83. The van der Waals surface area contributed by atoms with E-state index in [9.17, 15) is 0 Å². The van der Waals surface area contributed by atoms with Crippen LogP contribution in [0.15, 0.2) is 176 Å². The number of aromatic amines is 1. The summed E-state index contributed by atoms with van der Waals surface area (Å²) in [4.78, 5) is 6.52. The van der Waals surface area contributed by atoms with Gasteiger partial charge in [0.1, 0.15) is 0 Å². The van der Waals surface area contributed by atoms with Gasteiger partial charge in [-0.25, -0.2) is 0 Å². The molecule has 267 valence electrons. The number of thiophene rings is 1. The van der Waals surface area contributed by atoms with Crippen molar-refractivity contribution in [2.75, 3.05) is 4.90 Å². The van der Waals surface area contributed by atoms with Gasteiger partial charge in [0.25, 0.3) is 0 Å². The highest BCUT2D eigenvalue weighted by Crippen LogP contribution is 2.55. The summed E-state index contributed by atoms with van der Waals surface area (Å²) >= 11 is 1.89. The molecule has 0 saturated heterocycles. The molecule has 0 bridgehead atoms. The van der Waals surface area contributed by atoms with Crippen molar-refractivity contribution in [1.29, 1.82) is 0 Å². The molecule has 0 unspecified atom stereocenters. The maximum Gasteiger partial charge on any atom is 0.197 e. The topological polar surface area (TPSA) is 19.0 Å². The van der Waals surface area contributed by atoms with Crippen molar-refractivity contribution < 1.29 is 0 Å². The van der Waals surface area contributed by atoms with Gasteiger partial charge in [-0.05, 0) is 85.9 Å². The van der Waals surface area contributed by atoms with Crippen molar-refractivity contribution in [3.05, 3.63) is 187 Å². The Balaban J connectivity index is 1.17. The average Bonchev–Trinajstić information content (AvgIpc) is 3.89. The van der Waals surface area contributed by atoms with Crippen molar-refractivity contribution in [3.63, 3.8) is 0 Å². The number of nitrogens with zero attached hydrogens (tertiary/aromatic N) is 1. The summed E-state index contributed by atoms with van der Waals surface area (Å²) in [6, 6.07) is 64.7. The molecule has 1 N–H and O–H groups in total. The van der Waals surface area contributed by atoms with E-state index in [2.05, 4.69) is 207 Å².